The van der Waals surface area contributed by atoms with Crippen LogP contribution < -0.4 is 5.32 Å². The van der Waals surface area contributed by atoms with E-state index in [-0.39, 0.29) is 23.7 Å². The van der Waals surface area contributed by atoms with Crippen molar-refractivity contribution in [2.75, 3.05) is 25.0 Å². The third-order valence-electron chi connectivity index (χ3n) is 3.44. The largest absolute Gasteiger partial charge is 0.393 e. The van der Waals surface area contributed by atoms with Crippen molar-refractivity contribution >= 4 is 11.6 Å². The Morgan fingerprint density at radius 2 is 2.16 bits per heavy atom. The van der Waals surface area contributed by atoms with Crippen molar-refractivity contribution in [3.05, 3.63) is 30.1 Å². The van der Waals surface area contributed by atoms with Crippen molar-refractivity contribution in [2.24, 2.45) is 5.92 Å². The minimum atomic E-state index is -0.322. The van der Waals surface area contributed by atoms with E-state index in [4.69, 9.17) is 0 Å². The first-order chi connectivity index (χ1) is 9.04. The molecule has 4 nitrogen and oxygen atoms in total. The number of hydrogen-bond donors (Lipinski definition) is 2. The van der Waals surface area contributed by atoms with Crippen LogP contribution in [-0.2, 0) is 4.79 Å². The van der Waals surface area contributed by atoms with Gasteiger partial charge in [0, 0.05) is 18.8 Å². The number of aliphatic hydroxyl groups is 1. The molecule has 1 saturated heterocycles. The summed E-state index contributed by atoms with van der Waals surface area (Å²) in [6.07, 6.45) is 0.432. The Bertz CT molecular complexity index is 436. The Labute approximate surface area is 112 Å². The topological polar surface area (TPSA) is 52.6 Å². The molecule has 1 heterocycles. The summed E-state index contributed by atoms with van der Waals surface area (Å²) in [5.74, 6) is -0.251. The highest BCUT2D eigenvalue weighted by Gasteiger charge is 2.25. The highest BCUT2D eigenvalue weighted by molar-refractivity contribution is 5.92. The monoisotopic (exact) mass is 266 g/mol. The molecule has 2 rings (SSSR count). The fraction of sp³-hybridized carbons (Fsp3) is 0.500. The number of carbonyl (C=O) groups excluding carboxylic acids is 1. The standard InChI is InChI=1S/C14H19FN2O2/c1-10-8-17(7-6-13(10)18)9-14(19)16-12-4-2-11(15)3-5-12/h2-5,10,13,18H,6-9H2,1H3,(H,16,19). The third-order valence-corrected chi connectivity index (χ3v) is 3.44. The number of likely N-dealkylation sites (tertiary alicyclic amines) is 1. The van der Waals surface area contributed by atoms with Gasteiger partial charge in [-0.05, 0) is 36.6 Å². The summed E-state index contributed by atoms with van der Waals surface area (Å²) in [6.45, 7) is 3.73. The molecule has 0 aromatic heterocycles. The van der Waals surface area contributed by atoms with Crippen molar-refractivity contribution in [2.45, 2.75) is 19.4 Å². The van der Waals surface area contributed by atoms with E-state index in [0.29, 0.717) is 18.7 Å². The van der Waals surface area contributed by atoms with Crippen LogP contribution >= 0.6 is 0 Å². The number of rotatable bonds is 3. The molecule has 0 saturated carbocycles. The van der Waals surface area contributed by atoms with E-state index in [2.05, 4.69) is 5.32 Å². The average molecular weight is 266 g/mol. The van der Waals surface area contributed by atoms with Gasteiger partial charge in [0.25, 0.3) is 0 Å². The van der Waals surface area contributed by atoms with Crippen LogP contribution in [0.3, 0.4) is 0 Å². The molecule has 19 heavy (non-hydrogen) atoms. The van der Waals surface area contributed by atoms with E-state index in [1.165, 1.54) is 24.3 Å². The summed E-state index contributed by atoms with van der Waals surface area (Å²) in [6, 6.07) is 5.70. The molecule has 0 spiro atoms. The molecule has 0 bridgehead atoms. The lowest BCUT2D eigenvalue weighted by molar-refractivity contribution is -0.118. The number of amides is 1. The molecule has 0 radical (unpaired) electrons. The summed E-state index contributed by atoms with van der Waals surface area (Å²) < 4.78 is 12.7. The minimum absolute atomic E-state index is 0.116. The molecule has 1 fully saturated rings. The quantitative estimate of drug-likeness (QED) is 0.871. The first kappa shape index (κ1) is 14.0. The maximum Gasteiger partial charge on any atom is 0.238 e. The summed E-state index contributed by atoms with van der Waals surface area (Å²) in [4.78, 5) is 13.9. The second kappa shape index (κ2) is 6.12. The number of halogens is 1. The van der Waals surface area contributed by atoms with Crippen LogP contribution in [0.4, 0.5) is 10.1 Å². The van der Waals surface area contributed by atoms with Crippen LogP contribution in [0.1, 0.15) is 13.3 Å². The number of anilines is 1. The molecular formula is C14H19FN2O2. The molecule has 1 aliphatic heterocycles. The number of carbonyl (C=O) groups is 1. The SMILES string of the molecule is CC1CN(CC(=O)Nc2ccc(F)cc2)CCC1O. The van der Waals surface area contributed by atoms with Gasteiger partial charge in [-0.15, -0.1) is 0 Å². The predicted molar refractivity (Wildman–Crippen MR) is 71.3 cm³/mol. The van der Waals surface area contributed by atoms with Crippen molar-refractivity contribution in [1.82, 2.24) is 4.90 Å². The van der Waals surface area contributed by atoms with Crippen molar-refractivity contribution in [1.29, 1.82) is 0 Å². The van der Waals surface area contributed by atoms with Gasteiger partial charge >= 0.3 is 0 Å². The maximum atomic E-state index is 12.7. The first-order valence-electron chi connectivity index (χ1n) is 6.50. The van der Waals surface area contributed by atoms with Gasteiger partial charge in [-0.1, -0.05) is 6.92 Å². The summed E-state index contributed by atoms with van der Waals surface area (Å²) >= 11 is 0. The second-order valence-corrected chi connectivity index (χ2v) is 5.12. The fourth-order valence-electron chi connectivity index (χ4n) is 2.30. The number of benzene rings is 1. The number of nitrogens with one attached hydrogen (secondary N) is 1. The summed E-state index contributed by atoms with van der Waals surface area (Å²) in [7, 11) is 0. The Morgan fingerprint density at radius 3 is 2.79 bits per heavy atom. The number of aliphatic hydroxyl groups excluding tert-OH is 1. The van der Waals surface area contributed by atoms with E-state index >= 15 is 0 Å². The van der Waals surface area contributed by atoms with Gasteiger partial charge in [0.2, 0.25) is 5.91 Å². The maximum absolute atomic E-state index is 12.7. The van der Waals surface area contributed by atoms with E-state index < -0.39 is 0 Å². The second-order valence-electron chi connectivity index (χ2n) is 5.12. The van der Waals surface area contributed by atoms with E-state index in [9.17, 15) is 14.3 Å². The lowest BCUT2D eigenvalue weighted by atomic mass is 9.97. The number of nitrogens with zero attached hydrogens (tertiary/aromatic N) is 1. The smallest absolute Gasteiger partial charge is 0.238 e. The van der Waals surface area contributed by atoms with Gasteiger partial charge in [0.1, 0.15) is 5.82 Å². The Kier molecular flexibility index (Phi) is 4.50. The van der Waals surface area contributed by atoms with Crippen LogP contribution in [0, 0.1) is 11.7 Å². The van der Waals surface area contributed by atoms with Crippen LogP contribution in [-0.4, -0.2) is 41.7 Å². The molecule has 0 aliphatic carbocycles. The zero-order valence-corrected chi connectivity index (χ0v) is 11.0. The summed E-state index contributed by atoms with van der Waals surface area (Å²) in [5.41, 5.74) is 0.594. The normalized spacial score (nSPS) is 24.2. The van der Waals surface area contributed by atoms with Crippen LogP contribution in [0.5, 0.6) is 0 Å². The fourth-order valence-corrected chi connectivity index (χ4v) is 2.30. The van der Waals surface area contributed by atoms with Gasteiger partial charge in [0.15, 0.2) is 0 Å². The zero-order chi connectivity index (χ0) is 13.8. The van der Waals surface area contributed by atoms with Crippen molar-refractivity contribution < 1.29 is 14.3 Å². The van der Waals surface area contributed by atoms with Gasteiger partial charge in [0.05, 0.1) is 12.6 Å². The number of hydrogen-bond acceptors (Lipinski definition) is 3. The molecule has 104 valence electrons. The van der Waals surface area contributed by atoms with Crippen molar-refractivity contribution in [3.63, 3.8) is 0 Å². The molecule has 1 aliphatic rings. The molecule has 1 amide bonds. The molecule has 5 heteroatoms. The Balaban J connectivity index is 1.83. The summed E-state index contributed by atoms with van der Waals surface area (Å²) in [5, 5.41) is 12.4. The molecule has 2 N–H and O–H groups in total. The highest BCUT2D eigenvalue weighted by Crippen LogP contribution is 2.16. The average Bonchev–Trinajstić information content (AvgIpc) is 2.37. The van der Waals surface area contributed by atoms with E-state index in [1.807, 2.05) is 11.8 Å². The molecule has 1 aromatic rings. The zero-order valence-electron chi connectivity index (χ0n) is 11.0. The van der Waals surface area contributed by atoms with E-state index in [1.54, 1.807) is 0 Å². The van der Waals surface area contributed by atoms with Gasteiger partial charge in [-0.3, -0.25) is 9.69 Å². The van der Waals surface area contributed by atoms with Gasteiger partial charge in [-0.25, -0.2) is 4.39 Å². The highest BCUT2D eigenvalue weighted by atomic mass is 19.1. The number of piperidine rings is 1. The molecule has 1 aromatic carbocycles. The van der Waals surface area contributed by atoms with Crippen LogP contribution in [0.15, 0.2) is 24.3 Å². The third kappa shape index (κ3) is 4.01. The first-order valence-corrected chi connectivity index (χ1v) is 6.50. The van der Waals surface area contributed by atoms with Gasteiger partial charge in [-0.2, -0.15) is 0 Å². The molecular weight excluding hydrogens is 247 g/mol. The van der Waals surface area contributed by atoms with Crippen molar-refractivity contribution in [3.8, 4) is 0 Å². The lowest BCUT2D eigenvalue weighted by Crippen LogP contribution is -2.45. The minimum Gasteiger partial charge on any atom is -0.393 e. The van der Waals surface area contributed by atoms with Crippen LogP contribution in [0.25, 0.3) is 0 Å². The van der Waals surface area contributed by atoms with Gasteiger partial charge < -0.3 is 10.4 Å². The molecule has 2 atom stereocenters. The van der Waals surface area contributed by atoms with Crippen LogP contribution in [0.2, 0.25) is 0 Å². The lowest BCUT2D eigenvalue weighted by Gasteiger charge is -2.33. The Hall–Kier alpha value is -1.46. The predicted octanol–water partition coefficient (Wildman–Crippen LogP) is 1.47. The molecule has 2 unspecified atom stereocenters. The Morgan fingerprint density at radius 1 is 1.47 bits per heavy atom. The van der Waals surface area contributed by atoms with E-state index in [0.717, 1.165) is 13.1 Å².